The summed E-state index contributed by atoms with van der Waals surface area (Å²) >= 11 is 0. The maximum Gasteiger partial charge on any atom is 0.342 e. The van der Waals surface area contributed by atoms with Crippen molar-refractivity contribution in [3.05, 3.63) is 59.7 Å². The van der Waals surface area contributed by atoms with Crippen LogP contribution in [0.2, 0.25) is 0 Å². The van der Waals surface area contributed by atoms with Gasteiger partial charge in [0.25, 0.3) is 0 Å². The van der Waals surface area contributed by atoms with Crippen molar-refractivity contribution in [2.75, 3.05) is 18.9 Å². The summed E-state index contributed by atoms with van der Waals surface area (Å²) < 4.78 is 17.2. The van der Waals surface area contributed by atoms with E-state index in [4.69, 9.17) is 19.9 Å². The third-order valence-corrected chi connectivity index (χ3v) is 5.53. The summed E-state index contributed by atoms with van der Waals surface area (Å²) in [4.78, 5) is 12.6. The van der Waals surface area contributed by atoms with Gasteiger partial charge >= 0.3 is 5.97 Å². The Hall–Kier alpha value is -2.57. The molecule has 1 saturated carbocycles. The number of carbonyl (C=O) groups is 1. The van der Waals surface area contributed by atoms with Gasteiger partial charge in [-0.15, -0.1) is 0 Å². The average Bonchev–Trinajstić information content (AvgIpc) is 2.88. The van der Waals surface area contributed by atoms with Crippen LogP contribution >= 0.6 is 0 Å². The second-order valence-corrected chi connectivity index (χ2v) is 7.99. The van der Waals surface area contributed by atoms with E-state index in [1.54, 1.807) is 18.2 Å². The van der Waals surface area contributed by atoms with Crippen molar-refractivity contribution in [1.29, 1.82) is 0 Å². The number of ether oxygens (including phenoxy) is 3. The molecule has 2 aromatic carbocycles. The largest absolute Gasteiger partial charge is 0.490 e. The summed E-state index contributed by atoms with van der Waals surface area (Å²) in [7, 11) is 0. The van der Waals surface area contributed by atoms with E-state index in [1.807, 2.05) is 30.3 Å². The van der Waals surface area contributed by atoms with Crippen LogP contribution in [0.3, 0.4) is 0 Å². The highest BCUT2D eigenvalue weighted by Crippen LogP contribution is 2.24. The molecule has 2 unspecified atom stereocenters. The van der Waals surface area contributed by atoms with Crippen LogP contribution in [0.15, 0.2) is 48.5 Å². The Bertz CT molecular complexity index is 811. The summed E-state index contributed by atoms with van der Waals surface area (Å²) in [5.41, 5.74) is 7.62. The topological polar surface area (TPSA) is 91.0 Å². The van der Waals surface area contributed by atoms with Gasteiger partial charge in [0.2, 0.25) is 0 Å². The molecule has 0 radical (unpaired) electrons. The smallest absolute Gasteiger partial charge is 0.342 e. The number of esters is 1. The van der Waals surface area contributed by atoms with Gasteiger partial charge in [0.15, 0.2) is 0 Å². The first-order valence-electron chi connectivity index (χ1n) is 11.2. The molecule has 2 aromatic rings. The molecule has 168 valence electrons. The van der Waals surface area contributed by atoms with Gasteiger partial charge in [-0.1, -0.05) is 62.4 Å². The summed E-state index contributed by atoms with van der Waals surface area (Å²) in [6.45, 7) is 0.771. The van der Waals surface area contributed by atoms with Crippen LogP contribution in [-0.4, -0.2) is 36.5 Å². The molecule has 3 rings (SSSR count). The molecule has 3 N–H and O–H groups in total. The van der Waals surface area contributed by atoms with Crippen LogP contribution in [0.25, 0.3) is 0 Å². The van der Waals surface area contributed by atoms with Crippen molar-refractivity contribution in [3.63, 3.8) is 0 Å². The number of benzene rings is 2. The number of nitrogen functional groups attached to an aromatic ring is 1. The fraction of sp³-hybridized carbons (Fsp3) is 0.480. The number of nitrogens with two attached hydrogens (primary N) is 1. The first kappa shape index (κ1) is 23.1. The predicted molar refractivity (Wildman–Crippen MR) is 120 cm³/mol. The van der Waals surface area contributed by atoms with Crippen LogP contribution in [0, 0.1) is 0 Å². The highest BCUT2D eigenvalue weighted by molar-refractivity contribution is 5.93. The van der Waals surface area contributed by atoms with Crippen molar-refractivity contribution >= 4 is 11.7 Å². The molecular weight excluding hydrogens is 394 g/mol. The summed E-state index contributed by atoms with van der Waals surface area (Å²) in [6, 6.07) is 14.4. The van der Waals surface area contributed by atoms with Crippen molar-refractivity contribution in [3.8, 4) is 5.75 Å². The number of hydrogen-bond acceptors (Lipinski definition) is 6. The second kappa shape index (κ2) is 12.3. The van der Waals surface area contributed by atoms with Gasteiger partial charge in [0.05, 0.1) is 18.8 Å². The van der Waals surface area contributed by atoms with Gasteiger partial charge in [-0.2, -0.15) is 0 Å². The van der Waals surface area contributed by atoms with Crippen molar-refractivity contribution in [2.45, 2.75) is 63.8 Å². The normalized spacial score (nSPS) is 19.6. The zero-order valence-corrected chi connectivity index (χ0v) is 18.0. The molecule has 0 saturated heterocycles. The fourth-order valence-electron chi connectivity index (χ4n) is 3.78. The molecule has 0 aromatic heterocycles. The van der Waals surface area contributed by atoms with Crippen LogP contribution in [0.5, 0.6) is 5.75 Å². The molecule has 6 heteroatoms. The molecule has 6 nitrogen and oxygen atoms in total. The Morgan fingerprint density at radius 3 is 2.52 bits per heavy atom. The van der Waals surface area contributed by atoms with Crippen molar-refractivity contribution < 1.29 is 24.1 Å². The zero-order valence-electron chi connectivity index (χ0n) is 18.0. The molecule has 0 aliphatic heterocycles. The predicted octanol–water partition coefficient (Wildman–Crippen LogP) is 4.50. The lowest BCUT2D eigenvalue weighted by Crippen LogP contribution is -2.30. The average molecular weight is 428 g/mol. The summed E-state index contributed by atoms with van der Waals surface area (Å²) in [5.74, 6) is -0.0943. The molecular formula is C25H33NO5. The fourth-order valence-corrected chi connectivity index (χ4v) is 3.78. The van der Waals surface area contributed by atoms with E-state index in [0.717, 1.165) is 31.2 Å². The maximum absolute atomic E-state index is 12.6. The molecule has 31 heavy (non-hydrogen) atoms. The molecule has 0 heterocycles. The van der Waals surface area contributed by atoms with E-state index < -0.39 is 12.1 Å². The van der Waals surface area contributed by atoms with Crippen molar-refractivity contribution in [1.82, 2.24) is 0 Å². The molecule has 1 aliphatic carbocycles. The lowest BCUT2D eigenvalue weighted by molar-refractivity contribution is -0.0521. The van der Waals surface area contributed by atoms with E-state index in [-0.39, 0.29) is 19.3 Å². The van der Waals surface area contributed by atoms with E-state index in [2.05, 4.69) is 0 Å². The van der Waals surface area contributed by atoms with Crippen LogP contribution < -0.4 is 10.5 Å². The van der Waals surface area contributed by atoms with Crippen LogP contribution in [0.1, 0.15) is 60.9 Å². The molecule has 1 aliphatic rings. The maximum atomic E-state index is 12.6. The lowest BCUT2D eigenvalue weighted by atomic mass is 10.0. The molecule has 0 bridgehead atoms. The Morgan fingerprint density at radius 1 is 0.968 bits per heavy atom. The van der Waals surface area contributed by atoms with Crippen molar-refractivity contribution in [2.24, 2.45) is 0 Å². The van der Waals surface area contributed by atoms with Gasteiger partial charge < -0.3 is 25.1 Å². The molecule has 0 spiro atoms. The third-order valence-electron chi connectivity index (χ3n) is 5.53. The third kappa shape index (κ3) is 7.56. The zero-order chi connectivity index (χ0) is 21.9. The highest BCUT2D eigenvalue weighted by Gasteiger charge is 2.21. The number of rotatable bonds is 8. The lowest BCUT2D eigenvalue weighted by Gasteiger charge is -2.23. The Labute approximate surface area is 184 Å². The summed E-state index contributed by atoms with van der Waals surface area (Å²) in [5, 5.41) is 10.4. The van der Waals surface area contributed by atoms with E-state index in [9.17, 15) is 9.90 Å². The SMILES string of the molecule is Nc1ccc(C(=O)OCc2ccccc2)c(OCCOC2CCCCCCCC2O)c1. The van der Waals surface area contributed by atoms with Gasteiger partial charge in [-0.25, -0.2) is 4.79 Å². The number of anilines is 1. The quantitative estimate of drug-likeness (QED) is 0.366. The first-order valence-corrected chi connectivity index (χ1v) is 11.2. The van der Waals surface area contributed by atoms with Gasteiger partial charge in [-0.05, 0) is 30.5 Å². The van der Waals surface area contributed by atoms with Gasteiger partial charge in [0.1, 0.15) is 24.5 Å². The number of aliphatic hydroxyl groups is 1. The Morgan fingerprint density at radius 2 is 1.71 bits per heavy atom. The second-order valence-electron chi connectivity index (χ2n) is 7.99. The Balaban J connectivity index is 1.52. The number of carbonyl (C=O) groups excluding carboxylic acids is 1. The minimum Gasteiger partial charge on any atom is -0.490 e. The first-order chi connectivity index (χ1) is 15.1. The molecule has 0 amide bonds. The van der Waals surface area contributed by atoms with Gasteiger partial charge in [0, 0.05) is 11.8 Å². The summed E-state index contributed by atoms with van der Waals surface area (Å²) in [6.07, 6.45) is 6.71. The number of hydrogen-bond donors (Lipinski definition) is 2. The standard InChI is InChI=1S/C25H33NO5/c26-20-13-14-21(25(28)31-18-19-9-5-4-6-10-19)24(17-20)30-16-15-29-23-12-8-3-1-2-7-11-22(23)27/h4-6,9-10,13-14,17,22-23,27H,1-3,7-8,11-12,15-16,18,26H2. The van der Waals surface area contributed by atoms with E-state index in [1.165, 1.54) is 19.3 Å². The monoisotopic (exact) mass is 427 g/mol. The Kier molecular flexibility index (Phi) is 9.18. The molecule has 1 fully saturated rings. The van der Waals surface area contributed by atoms with Crippen LogP contribution in [0.4, 0.5) is 5.69 Å². The minimum absolute atomic E-state index is 0.169. The van der Waals surface area contributed by atoms with E-state index in [0.29, 0.717) is 23.6 Å². The molecule has 2 atom stereocenters. The minimum atomic E-state index is -0.466. The van der Waals surface area contributed by atoms with E-state index >= 15 is 0 Å². The van der Waals surface area contributed by atoms with Gasteiger partial charge in [-0.3, -0.25) is 0 Å². The highest BCUT2D eigenvalue weighted by atomic mass is 16.5. The van der Waals surface area contributed by atoms with Crippen LogP contribution in [-0.2, 0) is 16.1 Å². The number of aliphatic hydroxyl groups excluding tert-OH is 1.